The average Bonchev–Trinajstić information content (AvgIpc) is 2.75. The predicted molar refractivity (Wildman–Crippen MR) is 113 cm³/mol. The van der Waals surface area contributed by atoms with E-state index in [4.69, 9.17) is 4.74 Å². The first-order chi connectivity index (χ1) is 14.5. The predicted octanol–water partition coefficient (Wildman–Crippen LogP) is 3.29. The topological polar surface area (TPSA) is 105 Å². The smallest absolute Gasteiger partial charge is 0.407 e. The van der Waals surface area contributed by atoms with Gasteiger partial charge in [0.2, 0.25) is 5.91 Å². The fourth-order valence-corrected chi connectivity index (χ4v) is 2.87. The van der Waals surface area contributed by atoms with Crippen LogP contribution in [-0.4, -0.2) is 35.7 Å². The van der Waals surface area contributed by atoms with E-state index in [1.807, 2.05) is 60.7 Å². The first kappa shape index (κ1) is 22.9. The molecule has 0 spiro atoms. The van der Waals surface area contributed by atoms with Crippen LogP contribution in [0.3, 0.4) is 0 Å². The van der Waals surface area contributed by atoms with Crippen molar-refractivity contribution < 1.29 is 24.2 Å². The molecule has 3 N–H and O–H groups in total. The maximum absolute atomic E-state index is 12.0. The molecule has 2 aromatic rings. The molecule has 7 nitrogen and oxygen atoms in total. The van der Waals surface area contributed by atoms with Gasteiger partial charge in [0.1, 0.15) is 12.6 Å². The Morgan fingerprint density at radius 3 is 2.13 bits per heavy atom. The average molecular weight is 412 g/mol. The van der Waals surface area contributed by atoms with Crippen molar-refractivity contribution in [2.24, 2.45) is 0 Å². The Kier molecular flexibility index (Phi) is 9.92. The number of rotatable bonds is 12. The van der Waals surface area contributed by atoms with Crippen LogP contribution in [0, 0.1) is 0 Å². The SMILES string of the molecule is O=C(CCCCCNC(=O)OCc1ccccc1)N[C@H](Cc1ccccc1)C(=O)O. The number of alkyl carbamates (subject to hydrolysis) is 1. The summed E-state index contributed by atoms with van der Waals surface area (Å²) in [6.07, 6.45) is 2.09. The largest absolute Gasteiger partial charge is 0.480 e. The summed E-state index contributed by atoms with van der Waals surface area (Å²) in [6, 6.07) is 17.7. The van der Waals surface area contributed by atoms with Gasteiger partial charge in [-0.15, -0.1) is 0 Å². The molecule has 7 heteroatoms. The third-order valence-electron chi connectivity index (χ3n) is 4.48. The molecule has 0 radical (unpaired) electrons. The zero-order valence-corrected chi connectivity index (χ0v) is 16.9. The molecule has 2 amide bonds. The Labute approximate surface area is 176 Å². The zero-order valence-electron chi connectivity index (χ0n) is 16.9. The number of carbonyl (C=O) groups excluding carboxylic acids is 2. The number of hydrogen-bond acceptors (Lipinski definition) is 4. The molecule has 2 rings (SSSR count). The third kappa shape index (κ3) is 9.23. The summed E-state index contributed by atoms with van der Waals surface area (Å²) in [5, 5.41) is 14.6. The molecule has 1 atom stereocenters. The van der Waals surface area contributed by atoms with Crippen molar-refractivity contribution in [2.75, 3.05) is 6.54 Å². The number of amides is 2. The minimum absolute atomic E-state index is 0.223. The number of carbonyl (C=O) groups is 3. The minimum Gasteiger partial charge on any atom is -0.480 e. The summed E-state index contributed by atoms with van der Waals surface area (Å²) >= 11 is 0. The maximum atomic E-state index is 12.0. The number of ether oxygens (including phenoxy) is 1. The van der Waals surface area contributed by atoms with Crippen LogP contribution in [-0.2, 0) is 27.4 Å². The molecule has 0 heterocycles. The zero-order chi connectivity index (χ0) is 21.6. The van der Waals surface area contributed by atoms with Gasteiger partial charge in [-0.05, 0) is 24.0 Å². The van der Waals surface area contributed by atoms with Crippen LogP contribution in [0.1, 0.15) is 36.8 Å². The van der Waals surface area contributed by atoms with Crippen molar-refractivity contribution in [3.63, 3.8) is 0 Å². The van der Waals surface area contributed by atoms with Crippen molar-refractivity contribution in [3.8, 4) is 0 Å². The van der Waals surface area contributed by atoms with Gasteiger partial charge in [-0.2, -0.15) is 0 Å². The van der Waals surface area contributed by atoms with Gasteiger partial charge in [0.05, 0.1) is 0 Å². The van der Waals surface area contributed by atoms with Gasteiger partial charge in [0, 0.05) is 19.4 Å². The number of unbranched alkanes of at least 4 members (excludes halogenated alkanes) is 2. The van der Waals surface area contributed by atoms with E-state index in [1.54, 1.807) is 0 Å². The Morgan fingerprint density at radius 2 is 1.50 bits per heavy atom. The highest BCUT2D eigenvalue weighted by Crippen LogP contribution is 2.05. The highest BCUT2D eigenvalue weighted by molar-refractivity contribution is 5.83. The first-order valence-corrected chi connectivity index (χ1v) is 10.0. The standard InChI is InChI=1S/C23H28N2O5/c26-21(25-20(22(27)28)16-18-10-4-1-5-11-18)14-8-3-9-15-24-23(29)30-17-19-12-6-2-7-13-19/h1-2,4-7,10-13,20H,3,8-9,14-17H2,(H,24,29)(H,25,26)(H,27,28)/t20-/m1/s1. The Balaban J connectivity index is 1.55. The summed E-state index contributed by atoms with van der Waals surface area (Å²) in [5.74, 6) is -1.33. The van der Waals surface area contributed by atoms with Crippen LogP contribution in [0.4, 0.5) is 4.79 Å². The molecule has 0 bridgehead atoms. The molecule has 0 aromatic heterocycles. The van der Waals surface area contributed by atoms with E-state index >= 15 is 0 Å². The van der Waals surface area contributed by atoms with Crippen LogP contribution >= 0.6 is 0 Å². The number of nitrogens with one attached hydrogen (secondary N) is 2. The molecule has 0 aliphatic rings. The second-order valence-electron chi connectivity index (χ2n) is 6.95. The highest BCUT2D eigenvalue weighted by Gasteiger charge is 2.20. The number of aliphatic carboxylic acids is 1. The molecule has 0 aliphatic heterocycles. The van der Waals surface area contributed by atoms with Gasteiger partial charge < -0.3 is 20.5 Å². The lowest BCUT2D eigenvalue weighted by molar-refractivity contribution is -0.141. The van der Waals surface area contributed by atoms with E-state index in [-0.39, 0.29) is 25.4 Å². The summed E-state index contributed by atoms with van der Waals surface area (Å²) in [6.45, 7) is 0.682. The van der Waals surface area contributed by atoms with Gasteiger partial charge in [0.25, 0.3) is 0 Å². The van der Waals surface area contributed by atoms with Crippen molar-refractivity contribution in [1.29, 1.82) is 0 Å². The molecule has 0 unspecified atom stereocenters. The van der Waals surface area contributed by atoms with E-state index in [0.717, 1.165) is 17.5 Å². The summed E-state index contributed by atoms with van der Waals surface area (Å²) in [5.41, 5.74) is 1.78. The fourth-order valence-electron chi connectivity index (χ4n) is 2.87. The van der Waals surface area contributed by atoms with Crippen molar-refractivity contribution in [1.82, 2.24) is 10.6 Å². The summed E-state index contributed by atoms with van der Waals surface area (Å²) in [4.78, 5) is 35.1. The molecule has 0 saturated carbocycles. The number of carboxylic acids is 1. The summed E-state index contributed by atoms with van der Waals surface area (Å²) < 4.78 is 5.12. The molecule has 0 aliphatic carbocycles. The van der Waals surface area contributed by atoms with E-state index in [2.05, 4.69) is 10.6 Å². The van der Waals surface area contributed by atoms with Crippen molar-refractivity contribution in [3.05, 3.63) is 71.8 Å². The van der Waals surface area contributed by atoms with E-state index in [1.165, 1.54) is 0 Å². The number of benzene rings is 2. The van der Waals surface area contributed by atoms with E-state index in [9.17, 15) is 19.5 Å². The van der Waals surface area contributed by atoms with Gasteiger partial charge in [-0.25, -0.2) is 9.59 Å². The number of hydrogen-bond donors (Lipinski definition) is 3. The first-order valence-electron chi connectivity index (χ1n) is 10.0. The molecular formula is C23H28N2O5. The number of carboxylic acid groups (broad SMARTS) is 1. The van der Waals surface area contributed by atoms with Gasteiger partial charge in [-0.1, -0.05) is 67.1 Å². The second kappa shape index (κ2) is 13.0. The Bertz CT molecular complexity index is 796. The normalized spacial score (nSPS) is 11.3. The lowest BCUT2D eigenvalue weighted by atomic mass is 10.1. The van der Waals surface area contributed by atoms with E-state index in [0.29, 0.717) is 19.4 Å². The molecular weight excluding hydrogens is 384 g/mol. The quantitative estimate of drug-likeness (QED) is 0.464. The summed E-state index contributed by atoms with van der Waals surface area (Å²) in [7, 11) is 0. The van der Waals surface area contributed by atoms with E-state index < -0.39 is 18.1 Å². The maximum Gasteiger partial charge on any atom is 0.407 e. The minimum atomic E-state index is -1.05. The van der Waals surface area contributed by atoms with Gasteiger partial charge in [0.15, 0.2) is 0 Å². The van der Waals surface area contributed by atoms with Gasteiger partial charge in [-0.3, -0.25) is 4.79 Å². The van der Waals surface area contributed by atoms with Crippen molar-refractivity contribution >= 4 is 18.0 Å². The Morgan fingerprint density at radius 1 is 0.867 bits per heavy atom. The fraction of sp³-hybridized carbons (Fsp3) is 0.348. The molecule has 0 fully saturated rings. The highest BCUT2D eigenvalue weighted by atomic mass is 16.5. The Hall–Kier alpha value is -3.35. The van der Waals surface area contributed by atoms with Crippen LogP contribution in [0.2, 0.25) is 0 Å². The lowest BCUT2D eigenvalue weighted by Gasteiger charge is -2.14. The van der Waals surface area contributed by atoms with Crippen molar-refractivity contribution in [2.45, 2.75) is 44.8 Å². The van der Waals surface area contributed by atoms with Crippen LogP contribution < -0.4 is 10.6 Å². The molecule has 2 aromatic carbocycles. The second-order valence-corrected chi connectivity index (χ2v) is 6.95. The van der Waals surface area contributed by atoms with Crippen LogP contribution in [0.5, 0.6) is 0 Å². The molecule has 0 saturated heterocycles. The monoisotopic (exact) mass is 412 g/mol. The van der Waals surface area contributed by atoms with Gasteiger partial charge >= 0.3 is 12.1 Å². The molecule has 30 heavy (non-hydrogen) atoms. The third-order valence-corrected chi connectivity index (χ3v) is 4.48. The lowest BCUT2D eigenvalue weighted by Crippen LogP contribution is -2.42. The molecule has 160 valence electrons. The van der Waals surface area contributed by atoms with Crippen LogP contribution in [0.25, 0.3) is 0 Å². The van der Waals surface area contributed by atoms with Crippen LogP contribution in [0.15, 0.2) is 60.7 Å².